The first-order chi connectivity index (χ1) is 9.54. The molecule has 0 aromatic heterocycles. The Balaban J connectivity index is 1.90. The molecule has 0 aromatic rings. The molecule has 0 radical (unpaired) electrons. The molecular formula is C12H17N5O3. The minimum Gasteiger partial charge on any atom is -0.396 e. The van der Waals surface area contributed by atoms with Crippen LogP contribution in [0, 0.1) is 0 Å². The second kappa shape index (κ2) is 4.48. The molecule has 0 spiro atoms. The Morgan fingerprint density at radius 1 is 1.45 bits per heavy atom. The minimum atomic E-state index is -0.512. The molecule has 1 saturated heterocycles. The third-order valence-electron chi connectivity index (χ3n) is 3.81. The van der Waals surface area contributed by atoms with Crippen LogP contribution in [0.15, 0.2) is 16.9 Å². The van der Waals surface area contributed by atoms with Crippen molar-refractivity contribution in [3.63, 3.8) is 0 Å². The molecule has 8 nitrogen and oxygen atoms in total. The fourth-order valence-electron chi connectivity index (χ4n) is 2.75. The highest BCUT2D eigenvalue weighted by atomic mass is 16.3. The highest BCUT2D eigenvalue weighted by molar-refractivity contribution is 6.04. The van der Waals surface area contributed by atoms with E-state index in [4.69, 9.17) is 5.11 Å². The van der Waals surface area contributed by atoms with Crippen molar-refractivity contribution in [2.45, 2.75) is 25.6 Å². The number of carbonyl (C=O) groups excluding carboxylic acids is 2. The van der Waals surface area contributed by atoms with Crippen LogP contribution in [-0.2, 0) is 4.79 Å². The zero-order chi connectivity index (χ0) is 14.4. The molecule has 2 N–H and O–H groups in total. The summed E-state index contributed by atoms with van der Waals surface area (Å²) in [5, 5.41) is 11.3. The zero-order valence-electron chi connectivity index (χ0n) is 11.4. The van der Waals surface area contributed by atoms with Gasteiger partial charge in [0.2, 0.25) is 5.96 Å². The highest BCUT2D eigenvalue weighted by Crippen LogP contribution is 2.31. The van der Waals surface area contributed by atoms with Crippen molar-refractivity contribution < 1.29 is 14.7 Å². The van der Waals surface area contributed by atoms with Gasteiger partial charge >= 0.3 is 6.03 Å². The van der Waals surface area contributed by atoms with Crippen molar-refractivity contribution in [2.75, 3.05) is 20.2 Å². The molecule has 0 bridgehead atoms. The maximum Gasteiger partial charge on any atom is 0.325 e. The van der Waals surface area contributed by atoms with Crippen LogP contribution in [0.1, 0.15) is 13.3 Å². The van der Waals surface area contributed by atoms with Crippen molar-refractivity contribution >= 4 is 17.9 Å². The van der Waals surface area contributed by atoms with Gasteiger partial charge in [0.25, 0.3) is 5.91 Å². The van der Waals surface area contributed by atoms with Crippen LogP contribution in [0.2, 0.25) is 0 Å². The molecule has 1 fully saturated rings. The van der Waals surface area contributed by atoms with Gasteiger partial charge in [0, 0.05) is 32.1 Å². The minimum absolute atomic E-state index is 0.1000. The van der Waals surface area contributed by atoms with E-state index in [0.29, 0.717) is 18.9 Å². The SMILES string of the molecule is CC1=CN2C(=NC3C2C(=O)NC(=O)N3C)N1CCCO. The van der Waals surface area contributed by atoms with E-state index in [1.807, 2.05) is 18.0 Å². The molecule has 2 unspecified atom stereocenters. The Morgan fingerprint density at radius 2 is 2.20 bits per heavy atom. The van der Waals surface area contributed by atoms with Crippen LogP contribution in [0.4, 0.5) is 4.79 Å². The summed E-state index contributed by atoms with van der Waals surface area (Å²) in [6.07, 6.45) is 1.99. The molecular weight excluding hydrogens is 262 g/mol. The lowest BCUT2D eigenvalue weighted by Gasteiger charge is -2.34. The fourth-order valence-corrected chi connectivity index (χ4v) is 2.75. The monoisotopic (exact) mass is 279 g/mol. The van der Waals surface area contributed by atoms with Gasteiger partial charge in [0.05, 0.1) is 0 Å². The molecule has 0 saturated carbocycles. The molecule has 0 aromatic carbocycles. The Hall–Kier alpha value is -2.09. The molecule has 3 heterocycles. The average Bonchev–Trinajstić information content (AvgIpc) is 2.89. The van der Waals surface area contributed by atoms with E-state index in [2.05, 4.69) is 10.3 Å². The number of carbonyl (C=O) groups is 2. The Morgan fingerprint density at radius 3 is 2.90 bits per heavy atom. The van der Waals surface area contributed by atoms with E-state index >= 15 is 0 Å². The largest absolute Gasteiger partial charge is 0.396 e. The second-order valence-corrected chi connectivity index (χ2v) is 5.10. The van der Waals surface area contributed by atoms with Crippen molar-refractivity contribution in [1.29, 1.82) is 0 Å². The highest BCUT2D eigenvalue weighted by Gasteiger charge is 2.51. The quantitative estimate of drug-likeness (QED) is 0.698. The van der Waals surface area contributed by atoms with Crippen LogP contribution in [0.5, 0.6) is 0 Å². The molecule has 0 aliphatic carbocycles. The normalized spacial score (nSPS) is 28.2. The van der Waals surface area contributed by atoms with Crippen molar-refractivity contribution in [1.82, 2.24) is 20.0 Å². The summed E-state index contributed by atoms with van der Waals surface area (Å²) >= 11 is 0. The van der Waals surface area contributed by atoms with Crippen molar-refractivity contribution in [2.24, 2.45) is 4.99 Å². The van der Waals surface area contributed by atoms with Crippen LogP contribution >= 0.6 is 0 Å². The lowest BCUT2D eigenvalue weighted by molar-refractivity contribution is -0.126. The summed E-state index contributed by atoms with van der Waals surface area (Å²) in [5.41, 5.74) is 0.975. The van der Waals surface area contributed by atoms with Gasteiger partial charge in [-0.1, -0.05) is 0 Å². The summed E-state index contributed by atoms with van der Waals surface area (Å²) in [6.45, 7) is 2.67. The summed E-state index contributed by atoms with van der Waals surface area (Å²) in [6, 6.07) is -0.939. The third-order valence-corrected chi connectivity index (χ3v) is 3.81. The molecule has 3 aliphatic rings. The summed E-state index contributed by atoms with van der Waals surface area (Å²) < 4.78 is 0. The number of rotatable bonds is 3. The van der Waals surface area contributed by atoms with Gasteiger partial charge < -0.3 is 19.8 Å². The van der Waals surface area contributed by atoms with Crippen LogP contribution in [0.3, 0.4) is 0 Å². The smallest absolute Gasteiger partial charge is 0.325 e. The number of amides is 3. The summed E-state index contributed by atoms with van der Waals surface area (Å²) in [5.74, 6) is 0.340. The van der Waals surface area contributed by atoms with E-state index < -0.39 is 18.2 Å². The summed E-state index contributed by atoms with van der Waals surface area (Å²) in [4.78, 5) is 33.4. The maximum absolute atomic E-state index is 12.0. The second-order valence-electron chi connectivity index (χ2n) is 5.10. The lowest BCUT2D eigenvalue weighted by atomic mass is 10.1. The molecule has 2 atom stereocenters. The van der Waals surface area contributed by atoms with E-state index in [-0.39, 0.29) is 12.5 Å². The topological polar surface area (TPSA) is 88.5 Å². The number of likely N-dealkylation sites (N-methyl/N-ethyl adjacent to an activating group) is 1. The average molecular weight is 279 g/mol. The third kappa shape index (κ3) is 1.68. The number of aliphatic hydroxyl groups is 1. The molecule has 108 valence electrons. The standard InChI is InChI=1S/C12H17N5O3/c1-7-6-17-8-9(15(2)12(20)14-10(8)19)13-11(17)16(7)4-3-5-18/h6,8-9,18H,3-5H2,1-2H3,(H,14,19,20). The van der Waals surface area contributed by atoms with Crippen LogP contribution in [-0.4, -0.2) is 70.1 Å². The van der Waals surface area contributed by atoms with Gasteiger partial charge in [-0.3, -0.25) is 10.1 Å². The predicted octanol–water partition coefficient (Wildman–Crippen LogP) is -0.906. The number of aliphatic hydroxyl groups excluding tert-OH is 1. The van der Waals surface area contributed by atoms with Gasteiger partial charge in [-0.25, -0.2) is 9.79 Å². The molecule has 8 heteroatoms. The number of nitrogens with zero attached hydrogens (tertiary/aromatic N) is 4. The Labute approximate surface area is 116 Å². The number of aliphatic imine (C=N–C) groups is 1. The number of nitrogens with one attached hydrogen (secondary N) is 1. The van der Waals surface area contributed by atoms with Gasteiger partial charge in [-0.05, 0) is 13.3 Å². The first-order valence-electron chi connectivity index (χ1n) is 6.55. The van der Waals surface area contributed by atoms with Gasteiger partial charge in [-0.15, -0.1) is 0 Å². The van der Waals surface area contributed by atoms with E-state index in [0.717, 1.165) is 5.70 Å². The first kappa shape index (κ1) is 12.9. The summed E-state index contributed by atoms with van der Waals surface area (Å²) in [7, 11) is 1.63. The van der Waals surface area contributed by atoms with E-state index in [1.165, 1.54) is 4.90 Å². The number of fused-ring (bicyclic) bond motifs is 3. The van der Waals surface area contributed by atoms with Crippen LogP contribution in [0.25, 0.3) is 0 Å². The lowest BCUT2D eigenvalue weighted by Crippen LogP contribution is -2.62. The van der Waals surface area contributed by atoms with Crippen molar-refractivity contribution in [3.05, 3.63) is 11.9 Å². The molecule has 3 aliphatic heterocycles. The number of imide groups is 1. The Kier molecular flexibility index (Phi) is 2.89. The van der Waals surface area contributed by atoms with Gasteiger partial charge in [0.15, 0.2) is 12.2 Å². The number of allylic oxidation sites excluding steroid dienone is 1. The fraction of sp³-hybridized carbons (Fsp3) is 0.583. The zero-order valence-corrected chi connectivity index (χ0v) is 11.4. The number of hydrogen-bond donors (Lipinski definition) is 2. The number of urea groups is 1. The van der Waals surface area contributed by atoms with Gasteiger partial charge in [-0.2, -0.15) is 0 Å². The first-order valence-corrected chi connectivity index (χ1v) is 6.55. The van der Waals surface area contributed by atoms with Crippen LogP contribution < -0.4 is 5.32 Å². The number of guanidine groups is 1. The van der Waals surface area contributed by atoms with E-state index in [1.54, 1.807) is 11.9 Å². The molecule has 3 rings (SSSR count). The maximum atomic E-state index is 12.0. The molecule has 20 heavy (non-hydrogen) atoms. The number of hydrogen-bond acceptors (Lipinski definition) is 6. The Bertz CT molecular complexity index is 529. The van der Waals surface area contributed by atoms with Crippen molar-refractivity contribution in [3.8, 4) is 0 Å². The van der Waals surface area contributed by atoms with Gasteiger partial charge in [0.1, 0.15) is 0 Å². The molecule has 3 amide bonds. The van der Waals surface area contributed by atoms with E-state index in [9.17, 15) is 9.59 Å². The predicted molar refractivity (Wildman–Crippen MR) is 70.3 cm³/mol.